The minimum Gasteiger partial charge on any atom is -0.462 e. The molecule has 0 aliphatic carbocycles. The highest BCUT2D eigenvalue weighted by Crippen LogP contribution is 2.14. The summed E-state index contributed by atoms with van der Waals surface area (Å²) in [5.74, 6) is -0.940. The second kappa shape index (κ2) is 52.0. The second-order valence-electron chi connectivity index (χ2n) is 17.1. The maximum atomic E-state index is 12.7. The molecular weight excluding hydrogens is 793 g/mol. The third-order valence-electron chi connectivity index (χ3n) is 10.8. The first kappa shape index (κ1) is 60.3. The lowest BCUT2D eigenvalue weighted by Crippen LogP contribution is -2.30. The molecule has 0 saturated heterocycles. The minimum absolute atomic E-state index is 0.0922. The van der Waals surface area contributed by atoms with Crippen molar-refractivity contribution in [3.8, 4) is 0 Å². The Bertz CT molecular complexity index is 1300. The predicted octanol–water partition coefficient (Wildman–Crippen LogP) is 17.4. The summed E-state index contributed by atoms with van der Waals surface area (Å²) in [5.41, 5.74) is 0. The summed E-state index contributed by atoms with van der Waals surface area (Å²) in [5, 5.41) is 0. The van der Waals surface area contributed by atoms with E-state index in [2.05, 4.69) is 118 Å². The van der Waals surface area contributed by atoms with E-state index in [4.69, 9.17) is 14.2 Å². The molecule has 0 N–H and O–H groups in total. The first-order chi connectivity index (χ1) is 31.5. The molecule has 0 amide bonds. The normalized spacial score (nSPS) is 12.9. The van der Waals surface area contributed by atoms with Crippen molar-refractivity contribution in [2.75, 3.05) is 13.2 Å². The third kappa shape index (κ3) is 49.3. The van der Waals surface area contributed by atoms with E-state index < -0.39 is 6.10 Å². The molecule has 6 heteroatoms. The van der Waals surface area contributed by atoms with Crippen LogP contribution in [0.1, 0.15) is 233 Å². The molecule has 0 heterocycles. The number of ether oxygens (including phenoxy) is 3. The topological polar surface area (TPSA) is 78.9 Å². The van der Waals surface area contributed by atoms with Crippen LogP contribution < -0.4 is 0 Å². The lowest BCUT2D eigenvalue weighted by Gasteiger charge is -2.18. The monoisotopic (exact) mass is 889 g/mol. The quantitative estimate of drug-likeness (QED) is 0.0262. The van der Waals surface area contributed by atoms with Crippen molar-refractivity contribution in [1.29, 1.82) is 0 Å². The number of hydrogen-bond donors (Lipinski definition) is 0. The van der Waals surface area contributed by atoms with E-state index in [1.165, 1.54) is 64.2 Å². The fourth-order valence-corrected chi connectivity index (χ4v) is 6.89. The van der Waals surface area contributed by atoms with Gasteiger partial charge in [0.25, 0.3) is 0 Å². The lowest BCUT2D eigenvalue weighted by molar-refractivity contribution is -0.167. The summed E-state index contributed by atoms with van der Waals surface area (Å²) in [6, 6.07) is 0. The van der Waals surface area contributed by atoms with Crippen LogP contribution in [-0.2, 0) is 28.6 Å². The Balaban J connectivity index is 4.34. The number of hydrogen-bond acceptors (Lipinski definition) is 6. The molecule has 64 heavy (non-hydrogen) atoms. The molecule has 364 valence electrons. The molecule has 0 rings (SSSR count). The summed E-state index contributed by atoms with van der Waals surface area (Å²) < 4.78 is 16.7. The summed E-state index contributed by atoms with van der Waals surface area (Å²) in [6.45, 7) is 6.41. The van der Waals surface area contributed by atoms with E-state index >= 15 is 0 Å². The molecule has 0 radical (unpaired) electrons. The van der Waals surface area contributed by atoms with E-state index in [-0.39, 0.29) is 31.1 Å². The van der Waals surface area contributed by atoms with Crippen LogP contribution in [0.4, 0.5) is 0 Å². The van der Waals surface area contributed by atoms with Crippen LogP contribution in [0.15, 0.2) is 97.2 Å². The highest BCUT2D eigenvalue weighted by atomic mass is 16.6. The van der Waals surface area contributed by atoms with Crippen molar-refractivity contribution in [3.63, 3.8) is 0 Å². The van der Waals surface area contributed by atoms with Crippen molar-refractivity contribution >= 4 is 17.9 Å². The predicted molar refractivity (Wildman–Crippen MR) is 274 cm³/mol. The van der Waals surface area contributed by atoms with Gasteiger partial charge in [-0.15, -0.1) is 0 Å². The average molecular weight is 889 g/mol. The zero-order chi connectivity index (χ0) is 46.5. The van der Waals surface area contributed by atoms with Gasteiger partial charge in [0.2, 0.25) is 0 Å². The van der Waals surface area contributed by atoms with Crippen LogP contribution in [-0.4, -0.2) is 37.2 Å². The van der Waals surface area contributed by atoms with Gasteiger partial charge in [-0.25, -0.2) is 0 Å². The van der Waals surface area contributed by atoms with Gasteiger partial charge in [-0.2, -0.15) is 0 Å². The Morgan fingerprint density at radius 3 is 1.05 bits per heavy atom. The molecule has 0 saturated carbocycles. The van der Waals surface area contributed by atoms with Crippen molar-refractivity contribution < 1.29 is 28.6 Å². The lowest BCUT2D eigenvalue weighted by atomic mass is 10.1. The van der Waals surface area contributed by atoms with Crippen molar-refractivity contribution in [1.82, 2.24) is 0 Å². The molecule has 0 aromatic carbocycles. The standard InChI is InChI=1S/C58H96O6/c1-4-7-10-13-16-19-22-23-24-25-26-27-28-29-30-31-32-33-34-35-37-39-42-45-48-51-57(60)63-54-55(53-62-56(59)50-47-44-41-38-21-18-15-12-9-6-3)64-58(61)52-49-46-43-40-36-20-17-14-11-8-5-2/h7,10,12,15-16,19,23-24,26-27,29-30,32-33,35,37,55H,4-6,8-9,11,13-14,17-18,20-22,25,28,31,34,36,38-54H2,1-3H3/b10-7-,15-12-,19-16-,24-23-,27-26-,30-29-,33-32-,37-35-. The van der Waals surface area contributed by atoms with E-state index in [1.54, 1.807) is 0 Å². The maximum absolute atomic E-state index is 12.7. The van der Waals surface area contributed by atoms with Crippen LogP contribution >= 0.6 is 0 Å². The zero-order valence-electron chi connectivity index (χ0n) is 41.5. The number of carbonyl (C=O) groups excluding carboxylic acids is 3. The van der Waals surface area contributed by atoms with Gasteiger partial charge in [0.15, 0.2) is 6.10 Å². The minimum atomic E-state index is -0.792. The van der Waals surface area contributed by atoms with Gasteiger partial charge in [0, 0.05) is 19.3 Å². The molecule has 1 atom stereocenters. The van der Waals surface area contributed by atoms with Crippen molar-refractivity contribution in [2.45, 2.75) is 239 Å². The van der Waals surface area contributed by atoms with Gasteiger partial charge in [-0.05, 0) is 96.3 Å². The van der Waals surface area contributed by atoms with Gasteiger partial charge >= 0.3 is 17.9 Å². The van der Waals surface area contributed by atoms with E-state index in [1.807, 2.05) is 0 Å². The zero-order valence-corrected chi connectivity index (χ0v) is 41.5. The largest absolute Gasteiger partial charge is 0.462 e. The first-order valence-corrected chi connectivity index (χ1v) is 26.2. The maximum Gasteiger partial charge on any atom is 0.306 e. The summed E-state index contributed by atoms with van der Waals surface area (Å²) in [6.07, 6.45) is 68.3. The molecule has 0 fully saturated rings. The fourth-order valence-electron chi connectivity index (χ4n) is 6.89. The highest BCUT2D eigenvalue weighted by molar-refractivity contribution is 5.71. The van der Waals surface area contributed by atoms with Gasteiger partial charge in [-0.1, -0.05) is 214 Å². The summed E-state index contributed by atoms with van der Waals surface area (Å²) in [7, 11) is 0. The van der Waals surface area contributed by atoms with E-state index in [9.17, 15) is 14.4 Å². The molecule has 0 aromatic heterocycles. The number of rotatable bonds is 46. The molecule has 0 aliphatic heterocycles. The highest BCUT2D eigenvalue weighted by Gasteiger charge is 2.19. The third-order valence-corrected chi connectivity index (χ3v) is 10.8. The second-order valence-corrected chi connectivity index (χ2v) is 17.1. The Labute approximate surface area is 394 Å². The van der Waals surface area contributed by atoms with Crippen LogP contribution in [0, 0.1) is 0 Å². The van der Waals surface area contributed by atoms with E-state index in [0.29, 0.717) is 19.3 Å². The van der Waals surface area contributed by atoms with Crippen LogP contribution in [0.2, 0.25) is 0 Å². The molecule has 6 nitrogen and oxygen atoms in total. The Kier molecular flexibility index (Phi) is 49.0. The molecule has 1 unspecified atom stereocenters. The van der Waals surface area contributed by atoms with Crippen LogP contribution in [0.5, 0.6) is 0 Å². The number of unbranched alkanes of at least 4 members (excludes halogenated alkanes) is 19. The van der Waals surface area contributed by atoms with Crippen LogP contribution in [0.3, 0.4) is 0 Å². The van der Waals surface area contributed by atoms with Crippen LogP contribution in [0.25, 0.3) is 0 Å². The summed E-state index contributed by atoms with van der Waals surface area (Å²) >= 11 is 0. The number of allylic oxidation sites excluding steroid dienone is 16. The molecule has 0 aliphatic rings. The number of esters is 3. The van der Waals surface area contributed by atoms with Gasteiger partial charge in [0.1, 0.15) is 13.2 Å². The first-order valence-electron chi connectivity index (χ1n) is 26.2. The van der Waals surface area contributed by atoms with E-state index in [0.717, 1.165) is 128 Å². The molecule has 0 spiro atoms. The fraction of sp³-hybridized carbons (Fsp3) is 0.672. The molecule has 0 bridgehead atoms. The number of carbonyl (C=O) groups is 3. The Morgan fingerprint density at radius 2 is 0.641 bits per heavy atom. The Hall–Kier alpha value is -3.67. The smallest absolute Gasteiger partial charge is 0.306 e. The van der Waals surface area contributed by atoms with Gasteiger partial charge in [-0.3, -0.25) is 14.4 Å². The van der Waals surface area contributed by atoms with Gasteiger partial charge in [0.05, 0.1) is 0 Å². The molecular formula is C58H96O6. The average Bonchev–Trinajstić information content (AvgIpc) is 3.29. The van der Waals surface area contributed by atoms with Gasteiger partial charge < -0.3 is 14.2 Å². The Morgan fingerprint density at radius 1 is 0.328 bits per heavy atom. The summed E-state index contributed by atoms with van der Waals surface area (Å²) in [4.78, 5) is 37.9. The van der Waals surface area contributed by atoms with Crippen molar-refractivity contribution in [3.05, 3.63) is 97.2 Å². The van der Waals surface area contributed by atoms with Crippen molar-refractivity contribution in [2.24, 2.45) is 0 Å². The molecule has 0 aromatic rings. The SMILES string of the molecule is CC/C=C\C/C=C\C/C=C\C/C=C\C/C=C\C/C=C\C/C=C\CCCCCC(=O)OCC(COC(=O)CCCCCCC/C=C\CCC)OC(=O)CCCCCCCCCCCCC.